The molecule has 0 spiro atoms. The van der Waals surface area contributed by atoms with Crippen LogP contribution in [0.25, 0.3) is 0 Å². The molecular weight excluding hydrogens is 761 g/mol. The summed E-state index contributed by atoms with van der Waals surface area (Å²) >= 11 is 0. The minimum absolute atomic E-state index is 0.0295. The Labute approximate surface area is 369 Å². The first-order chi connectivity index (χ1) is 28.8. The van der Waals surface area contributed by atoms with Crippen LogP contribution in [0.2, 0.25) is 0 Å². The summed E-state index contributed by atoms with van der Waals surface area (Å²) < 4.78 is 0. The summed E-state index contributed by atoms with van der Waals surface area (Å²) in [5.41, 5.74) is 2.62. The zero-order chi connectivity index (χ0) is 44.0. The highest BCUT2D eigenvalue weighted by molar-refractivity contribution is 5.83. The van der Waals surface area contributed by atoms with Crippen molar-refractivity contribution >= 4 is 11.8 Å². The van der Waals surface area contributed by atoms with E-state index < -0.39 is 0 Å². The van der Waals surface area contributed by atoms with Crippen molar-refractivity contribution in [3.8, 4) is 0 Å². The van der Waals surface area contributed by atoms with Gasteiger partial charge in [-0.25, -0.2) is 0 Å². The van der Waals surface area contributed by atoms with Gasteiger partial charge >= 0.3 is 0 Å². The van der Waals surface area contributed by atoms with Gasteiger partial charge in [0, 0.05) is 99.4 Å². The predicted octanol–water partition coefficient (Wildman–Crippen LogP) is 9.16. The van der Waals surface area contributed by atoms with E-state index in [-0.39, 0.29) is 34.2 Å². The van der Waals surface area contributed by atoms with Crippen LogP contribution in [-0.4, -0.2) is 126 Å². The lowest BCUT2D eigenvalue weighted by molar-refractivity contribution is -0.297. The fourth-order valence-corrected chi connectivity index (χ4v) is 11.2. The predicted molar refractivity (Wildman–Crippen MR) is 246 cm³/mol. The summed E-state index contributed by atoms with van der Waals surface area (Å²) in [4.78, 5) is 40.9. The summed E-state index contributed by atoms with van der Waals surface area (Å²) in [6, 6.07) is 22.2. The van der Waals surface area contributed by atoms with Crippen LogP contribution < -0.4 is 0 Å². The number of amides is 2. The Bertz CT molecular complexity index is 1650. The van der Waals surface area contributed by atoms with Crippen molar-refractivity contribution in [2.24, 2.45) is 5.92 Å². The first-order valence-corrected chi connectivity index (χ1v) is 23.9. The third-order valence-corrected chi connectivity index (χ3v) is 14.7. The van der Waals surface area contributed by atoms with E-state index in [2.05, 4.69) is 148 Å². The maximum absolute atomic E-state index is 13.2. The van der Waals surface area contributed by atoms with Gasteiger partial charge in [0.1, 0.15) is 0 Å². The fourth-order valence-electron chi connectivity index (χ4n) is 11.2. The molecular formula is C51H82N6O4. The Hall–Kier alpha value is -2.86. The molecule has 1 N–H and O–H groups in total. The number of carbonyl (C=O) groups is 2. The zero-order valence-corrected chi connectivity index (χ0v) is 39.6. The molecule has 6 saturated heterocycles. The van der Waals surface area contributed by atoms with E-state index >= 15 is 0 Å². The summed E-state index contributed by atoms with van der Waals surface area (Å²) in [6.07, 6.45) is 12.5. The number of hydrogen-bond donors (Lipinski definition) is 1. The van der Waals surface area contributed by atoms with Crippen LogP contribution in [0.4, 0.5) is 0 Å². The lowest BCUT2D eigenvalue weighted by Crippen LogP contribution is -2.60. The van der Waals surface area contributed by atoms with E-state index in [4.69, 9.17) is 4.84 Å². The van der Waals surface area contributed by atoms with Gasteiger partial charge in [-0.2, -0.15) is 10.1 Å². The molecule has 340 valence electrons. The van der Waals surface area contributed by atoms with E-state index in [0.29, 0.717) is 23.9 Å². The van der Waals surface area contributed by atoms with Crippen molar-refractivity contribution < 1.29 is 19.6 Å². The SMILES string of the molecule is CC1(C)CCCC(C)(C)N1O.CC1(C)CCCC(C)(C)N1OC1CCN(C2CCN(Cc3ccccc3)CC2)C1=O.CC1CC(=O)N(C2CCN(Cc3ccccc3)CC2)C1. The number of carbonyl (C=O) groups excluding carboxylic acids is 2. The molecule has 2 amide bonds. The zero-order valence-electron chi connectivity index (χ0n) is 39.6. The highest BCUT2D eigenvalue weighted by Gasteiger charge is 2.47. The molecule has 6 heterocycles. The standard InChI is InChI=1S/C25H39N3O2.C17H24N2O.C9H19NO/c1-24(2)14-8-15-25(3,4)28(24)30-22-13-18-27(23(22)29)21-11-16-26(17-12-21)19-20-9-6-5-7-10-20;1-14-11-17(20)19(12-14)16-7-9-18(10-8-16)13-15-5-3-2-4-6-15;1-8(2)6-5-7-9(3,4)10(8)11/h5-7,9-10,21-22H,8,11-19H2,1-4H3;2-6,14,16H,7-13H2,1H3;11H,5-7H2,1-4H3. The molecule has 6 aliphatic rings. The van der Waals surface area contributed by atoms with Gasteiger partial charge in [0.25, 0.3) is 5.91 Å². The first-order valence-electron chi connectivity index (χ1n) is 23.9. The number of likely N-dealkylation sites (tertiary alicyclic amines) is 4. The number of rotatable bonds is 8. The van der Waals surface area contributed by atoms with E-state index in [0.717, 1.165) is 117 Å². The second-order valence-electron chi connectivity index (χ2n) is 21.8. The van der Waals surface area contributed by atoms with Crippen LogP contribution in [0.15, 0.2) is 60.7 Å². The smallest absolute Gasteiger partial charge is 0.254 e. The number of hydrogen-bond acceptors (Lipinski definition) is 8. The molecule has 0 radical (unpaired) electrons. The average Bonchev–Trinajstić information content (AvgIpc) is 3.76. The molecule has 6 aliphatic heterocycles. The topological polar surface area (TPSA) is 83.0 Å². The van der Waals surface area contributed by atoms with Crippen molar-refractivity contribution in [3.05, 3.63) is 71.8 Å². The van der Waals surface area contributed by atoms with Crippen LogP contribution in [0.3, 0.4) is 0 Å². The molecule has 2 aromatic rings. The van der Waals surface area contributed by atoms with Gasteiger partial charge in [0.15, 0.2) is 6.10 Å². The minimum atomic E-state index is -0.316. The quantitative estimate of drug-likeness (QED) is 0.282. The van der Waals surface area contributed by atoms with Crippen molar-refractivity contribution in [2.75, 3.05) is 39.3 Å². The maximum Gasteiger partial charge on any atom is 0.254 e. The normalized spacial score (nSPS) is 27.6. The van der Waals surface area contributed by atoms with Crippen molar-refractivity contribution in [1.29, 1.82) is 0 Å². The molecule has 0 bridgehead atoms. The fraction of sp³-hybridized carbons (Fsp3) is 0.725. The van der Waals surface area contributed by atoms with Gasteiger partial charge in [0.05, 0.1) is 0 Å². The molecule has 0 aromatic heterocycles. The van der Waals surface area contributed by atoms with Crippen molar-refractivity contribution in [2.45, 2.75) is 193 Å². The van der Waals surface area contributed by atoms with Crippen LogP contribution in [0, 0.1) is 5.92 Å². The average molecular weight is 843 g/mol. The summed E-state index contributed by atoms with van der Waals surface area (Å²) in [6.45, 7) is 27.7. The highest BCUT2D eigenvalue weighted by atomic mass is 16.7. The van der Waals surface area contributed by atoms with E-state index in [1.807, 2.05) is 0 Å². The second-order valence-corrected chi connectivity index (χ2v) is 21.8. The molecule has 2 atom stereocenters. The summed E-state index contributed by atoms with van der Waals surface area (Å²) in [5.74, 6) is 1.12. The van der Waals surface area contributed by atoms with Crippen LogP contribution in [0.1, 0.15) is 150 Å². The van der Waals surface area contributed by atoms with Gasteiger partial charge < -0.3 is 15.0 Å². The van der Waals surface area contributed by atoms with E-state index in [9.17, 15) is 14.8 Å². The molecule has 6 fully saturated rings. The van der Waals surface area contributed by atoms with Crippen molar-refractivity contribution in [1.82, 2.24) is 29.7 Å². The lowest BCUT2D eigenvalue weighted by atomic mass is 9.82. The summed E-state index contributed by atoms with van der Waals surface area (Å²) in [5, 5.41) is 13.5. The van der Waals surface area contributed by atoms with E-state index in [1.54, 1.807) is 0 Å². The number of hydroxylamine groups is 4. The second kappa shape index (κ2) is 20.3. The first kappa shape index (κ1) is 47.6. The highest BCUT2D eigenvalue weighted by Crippen LogP contribution is 2.40. The van der Waals surface area contributed by atoms with Gasteiger partial charge in [-0.3, -0.25) is 24.2 Å². The molecule has 2 aromatic carbocycles. The van der Waals surface area contributed by atoms with Gasteiger partial charge in [-0.1, -0.05) is 67.6 Å². The van der Waals surface area contributed by atoms with Crippen LogP contribution in [-0.2, 0) is 27.5 Å². The number of benzene rings is 2. The molecule has 2 unspecified atom stereocenters. The Balaban J connectivity index is 0.000000172. The number of piperidine rings is 4. The molecule has 10 heteroatoms. The molecule has 0 saturated carbocycles. The lowest BCUT2D eigenvalue weighted by Gasteiger charge is -2.52. The Morgan fingerprint density at radius 3 is 1.43 bits per heavy atom. The van der Waals surface area contributed by atoms with E-state index in [1.165, 1.54) is 29.0 Å². The third kappa shape index (κ3) is 12.4. The molecule has 8 rings (SSSR count). The van der Waals surface area contributed by atoms with Crippen molar-refractivity contribution in [3.63, 3.8) is 0 Å². The third-order valence-electron chi connectivity index (χ3n) is 14.7. The maximum atomic E-state index is 13.2. The minimum Gasteiger partial charge on any atom is -0.339 e. The largest absolute Gasteiger partial charge is 0.339 e. The molecule has 61 heavy (non-hydrogen) atoms. The molecule has 0 aliphatic carbocycles. The molecule has 10 nitrogen and oxygen atoms in total. The Morgan fingerprint density at radius 1 is 0.590 bits per heavy atom. The number of nitrogens with zero attached hydrogens (tertiary/aromatic N) is 6. The van der Waals surface area contributed by atoms with Gasteiger partial charge in [-0.05, 0) is 137 Å². The van der Waals surface area contributed by atoms with Gasteiger partial charge in [0.2, 0.25) is 5.91 Å². The van der Waals surface area contributed by atoms with Crippen LogP contribution >= 0.6 is 0 Å². The summed E-state index contributed by atoms with van der Waals surface area (Å²) in [7, 11) is 0. The monoisotopic (exact) mass is 843 g/mol. The Morgan fingerprint density at radius 2 is 1.02 bits per heavy atom. The van der Waals surface area contributed by atoms with Crippen LogP contribution in [0.5, 0.6) is 0 Å². The Kier molecular flexibility index (Phi) is 15.9. The van der Waals surface area contributed by atoms with Gasteiger partial charge in [-0.15, -0.1) is 0 Å².